The molecule has 0 aliphatic rings. The minimum atomic E-state index is -0.393. The molecule has 3 N–H and O–H groups in total. The Labute approximate surface area is 138 Å². The molecule has 0 aliphatic heterocycles. The normalized spacial score (nSPS) is 11.5. The minimum absolute atomic E-state index is 0.0606. The smallest absolute Gasteiger partial charge is 0.292 e. The lowest BCUT2D eigenvalue weighted by atomic mass is 10.0. The summed E-state index contributed by atoms with van der Waals surface area (Å²) in [5.41, 5.74) is 2.49. The Kier molecular flexibility index (Phi) is 4.29. The van der Waals surface area contributed by atoms with Crippen molar-refractivity contribution in [3.8, 4) is 17.0 Å². The van der Waals surface area contributed by atoms with Gasteiger partial charge in [-0.05, 0) is 35.7 Å². The second kappa shape index (κ2) is 6.54. The first kappa shape index (κ1) is 15.7. The number of aromatic hydroxyl groups is 1. The molecule has 0 amide bonds. The summed E-state index contributed by atoms with van der Waals surface area (Å²) in [7, 11) is 0. The van der Waals surface area contributed by atoms with Gasteiger partial charge in [0.15, 0.2) is 5.69 Å². The van der Waals surface area contributed by atoms with Crippen LogP contribution < -0.4 is 5.56 Å². The molecule has 3 aromatic rings. The van der Waals surface area contributed by atoms with E-state index in [4.69, 9.17) is 0 Å². The topological polar surface area (TPSA) is 93.6 Å². The van der Waals surface area contributed by atoms with Gasteiger partial charge in [0.05, 0.1) is 11.4 Å². The van der Waals surface area contributed by atoms with E-state index in [0.717, 1.165) is 0 Å². The van der Waals surface area contributed by atoms with E-state index in [-0.39, 0.29) is 11.4 Å². The average Bonchev–Trinajstić information content (AvgIpc) is 2.94. The van der Waals surface area contributed by atoms with Gasteiger partial charge in [-0.1, -0.05) is 38.1 Å². The molecule has 0 saturated carbocycles. The SMILES string of the molecule is CC(C)c1ccc(N=Nc2c(-c3ccccc3O)[nH][nH]c2=O)cc1. The number of hydrogen-bond donors (Lipinski definition) is 3. The Morgan fingerprint density at radius 2 is 1.67 bits per heavy atom. The van der Waals surface area contributed by atoms with Crippen LogP contribution in [-0.4, -0.2) is 15.3 Å². The molecule has 0 spiro atoms. The molecule has 2 aromatic carbocycles. The minimum Gasteiger partial charge on any atom is -0.507 e. The van der Waals surface area contributed by atoms with Gasteiger partial charge in [0.2, 0.25) is 0 Å². The highest BCUT2D eigenvalue weighted by Gasteiger charge is 2.14. The number of hydrogen-bond acceptors (Lipinski definition) is 4. The van der Waals surface area contributed by atoms with Crippen LogP contribution in [0.1, 0.15) is 25.3 Å². The number of para-hydroxylation sites is 1. The Morgan fingerprint density at radius 1 is 0.958 bits per heavy atom. The number of nitrogens with zero attached hydrogens (tertiary/aromatic N) is 2. The van der Waals surface area contributed by atoms with Crippen LogP contribution in [0.15, 0.2) is 63.6 Å². The van der Waals surface area contributed by atoms with Crippen molar-refractivity contribution in [1.82, 2.24) is 10.2 Å². The predicted molar refractivity (Wildman–Crippen MR) is 93.2 cm³/mol. The lowest BCUT2D eigenvalue weighted by Gasteiger charge is -2.04. The molecule has 0 aliphatic carbocycles. The zero-order valence-electron chi connectivity index (χ0n) is 13.4. The average molecular weight is 322 g/mol. The van der Waals surface area contributed by atoms with Crippen molar-refractivity contribution in [1.29, 1.82) is 0 Å². The van der Waals surface area contributed by atoms with Crippen molar-refractivity contribution >= 4 is 11.4 Å². The van der Waals surface area contributed by atoms with Crippen LogP contribution in [0.25, 0.3) is 11.3 Å². The van der Waals surface area contributed by atoms with Gasteiger partial charge in [-0.25, -0.2) is 0 Å². The number of aromatic amines is 2. The molecule has 0 unspecified atom stereocenters. The maximum absolute atomic E-state index is 12.0. The summed E-state index contributed by atoms with van der Waals surface area (Å²) in [4.78, 5) is 12.0. The van der Waals surface area contributed by atoms with E-state index < -0.39 is 5.56 Å². The van der Waals surface area contributed by atoms with Gasteiger partial charge >= 0.3 is 0 Å². The molecule has 1 aromatic heterocycles. The van der Waals surface area contributed by atoms with Gasteiger partial charge in [-0.15, -0.1) is 5.11 Å². The van der Waals surface area contributed by atoms with E-state index in [2.05, 4.69) is 34.3 Å². The summed E-state index contributed by atoms with van der Waals surface area (Å²) in [6, 6.07) is 14.4. The molecule has 122 valence electrons. The van der Waals surface area contributed by atoms with Gasteiger partial charge in [0.25, 0.3) is 5.56 Å². The maximum atomic E-state index is 12.0. The quantitative estimate of drug-likeness (QED) is 0.612. The standard InChI is InChI=1S/C18H18N4O2/c1-11(2)12-7-9-13(10-8-12)19-21-17-16(20-22-18(17)24)14-5-3-4-6-15(14)23/h3-11,23H,1-2H3,(H2,20,22,24). The first-order chi connectivity index (χ1) is 11.6. The molecule has 0 atom stereocenters. The van der Waals surface area contributed by atoms with E-state index in [1.165, 1.54) is 5.56 Å². The fourth-order valence-corrected chi connectivity index (χ4v) is 2.36. The largest absolute Gasteiger partial charge is 0.507 e. The van der Waals surface area contributed by atoms with Crippen molar-refractivity contribution < 1.29 is 5.11 Å². The monoisotopic (exact) mass is 322 g/mol. The molecule has 0 saturated heterocycles. The second-order valence-electron chi connectivity index (χ2n) is 5.77. The molecule has 24 heavy (non-hydrogen) atoms. The number of azo groups is 1. The van der Waals surface area contributed by atoms with Gasteiger partial charge in [0, 0.05) is 5.56 Å². The number of benzene rings is 2. The fraction of sp³-hybridized carbons (Fsp3) is 0.167. The first-order valence-electron chi connectivity index (χ1n) is 7.67. The molecule has 6 nitrogen and oxygen atoms in total. The molecule has 1 heterocycles. The first-order valence-corrected chi connectivity index (χ1v) is 7.67. The molecule has 3 rings (SSSR count). The Hall–Kier alpha value is -3.15. The van der Waals surface area contributed by atoms with Crippen molar-refractivity contribution in [2.24, 2.45) is 10.2 Å². The molecule has 0 bridgehead atoms. The molecule has 6 heteroatoms. The van der Waals surface area contributed by atoms with Crippen molar-refractivity contribution in [3.63, 3.8) is 0 Å². The fourth-order valence-electron chi connectivity index (χ4n) is 2.36. The summed E-state index contributed by atoms with van der Waals surface area (Å²) in [6.45, 7) is 4.24. The van der Waals surface area contributed by atoms with E-state index in [1.54, 1.807) is 24.3 Å². The van der Waals surface area contributed by atoms with Crippen molar-refractivity contribution in [3.05, 3.63) is 64.4 Å². The van der Waals surface area contributed by atoms with E-state index >= 15 is 0 Å². The number of phenolic OH excluding ortho intramolecular Hbond substituents is 1. The highest BCUT2D eigenvalue weighted by Crippen LogP contribution is 2.32. The Bertz CT molecular complexity index is 921. The highest BCUT2D eigenvalue weighted by atomic mass is 16.3. The van der Waals surface area contributed by atoms with Crippen LogP contribution in [0.2, 0.25) is 0 Å². The van der Waals surface area contributed by atoms with Crippen LogP contribution in [0.5, 0.6) is 5.75 Å². The molecular formula is C18H18N4O2. The third kappa shape index (κ3) is 3.12. The lowest BCUT2D eigenvalue weighted by Crippen LogP contribution is -1.96. The van der Waals surface area contributed by atoms with Gasteiger partial charge in [0.1, 0.15) is 5.75 Å². The molecule has 0 fully saturated rings. The van der Waals surface area contributed by atoms with Crippen molar-refractivity contribution in [2.45, 2.75) is 19.8 Å². The zero-order valence-corrected chi connectivity index (χ0v) is 13.4. The van der Waals surface area contributed by atoms with Crippen molar-refractivity contribution in [2.75, 3.05) is 0 Å². The number of rotatable bonds is 4. The van der Waals surface area contributed by atoms with E-state index in [0.29, 0.717) is 22.9 Å². The maximum Gasteiger partial charge on any atom is 0.292 e. The van der Waals surface area contributed by atoms with Gasteiger partial charge < -0.3 is 5.11 Å². The molecular weight excluding hydrogens is 304 g/mol. The van der Waals surface area contributed by atoms with Crippen LogP contribution in [0.3, 0.4) is 0 Å². The summed E-state index contributed by atoms with van der Waals surface area (Å²) in [5.74, 6) is 0.502. The van der Waals surface area contributed by atoms with Crippen LogP contribution in [-0.2, 0) is 0 Å². The van der Waals surface area contributed by atoms with Gasteiger partial charge in [-0.3, -0.25) is 15.0 Å². The summed E-state index contributed by atoms with van der Waals surface area (Å²) in [6.07, 6.45) is 0. The van der Waals surface area contributed by atoms with Gasteiger partial charge in [-0.2, -0.15) is 5.11 Å². The third-order valence-electron chi connectivity index (χ3n) is 3.75. The Morgan fingerprint density at radius 3 is 2.33 bits per heavy atom. The summed E-state index contributed by atoms with van der Waals surface area (Å²) >= 11 is 0. The van der Waals surface area contributed by atoms with E-state index in [1.807, 2.05) is 24.3 Å². The third-order valence-corrected chi connectivity index (χ3v) is 3.75. The Balaban J connectivity index is 1.95. The summed E-state index contributed by atoms with van der Waals surface area (Å²) in [5, 5.41) is 23.4. The number of phenols is 1. The van der Waals surface area contributed by atoms with Crippen LogP contribution in [0.4, 0.5) is 11.4 Å². The second-order valence-corrected chi connectivity index (χ2v) is 5.77. The van der Waals surface area contributed by atoms with E-state index in [9.17, 15) is 9.90 Å². The predicted octanol–water partition coefficient (Wildman–Crippen LogP) is 4.61. The highest BCUT2D eigenvalue weighted by molar-refractivity contribution is 5.75. The number of H-pyrrole nitrogens is 2. The number of aromatic nitrogens is 2. The lowest BCUT2D eigenvalue weighted by molar-refractivity contribution is 0.477. The molecule has 0 radical (unpaired) electrons. The van der Waals surface area contributed by atoms with Crippen LogP contribution >= 0.6 is 0 Å². The number of nitrogens with one attached hydrogen (secondary N) is 2. The van der Waals surface area contributed by atoms with Crippen LogP contribution in [0, 0.1) is 0 Å². The summed E-state index contributed by atoms with van der Waals surface area (Å²) < 4.78 is 0. The zero-order chi connectivity index (χ0) is 17.1.